The van der Waals surface area contributed by atoms with Crippen molar-refractivity contribution >= 4 is 17.3 Å². The van der Waals surface area contributed by atoms with Gasteiger partial charge in [-0.05, 0) is 20.0 Å². The lowest BCUT2D eigenvalue weighted by Gasteiger charge is -2.18. The molecule has 0 aliphatic carbocycles. The Hall–Kier alpha value is -1.17. The van der Waals surface area contributed by atoms with Gasteiger partial charge in [0.1, 0.15) is 0 Å². The maximum atomic E-state index is 10.9. The molecule has 1 atom stereocenters. The Morgan fingerprint density at radius 2 is 2.24 bits per heavy atom. The number of rotatable bonds is 5. The van der Waals surface area contributed by atoms with Crippen LogP contribution < -0.4 is 0 Å². The lowest BCUT2D eigenvalue weighted by Crippen LogP contribution is -2.27. The highest BCUT2D eigenvalue weighted by Gasteiger charge is 2.18. The van der Waals surface area contributed by atoms with Gasteiger partial charge in [0.05, 0.1) is 21.6 Å². The van der Waals surface area contributed by atoms with Crippen molar-refractivity contribution in [1.82, 2.24) is 4.90 Å². The molecule has 1 rings (SSSR count). The average Bonchev–Trinajstić information content (AvgIpc) is 2.19. The molecule has 0 amide bonds. The summed E-state index contributed by atoms with van der Waals surface area (Å²) in [5.41, 5.74) is 0.484. The summed E-state index contributed by atoms with van der Waals surface area (Å²) in [5, 5.41) is 20.5. The zero-order chi connectivity index (χ0) is 13.0. The predicted octanol–water partition coefficient (Wildman–Crippen LogP) is 2.06. The van der Waals surface area contributed by atoms with Crippen LogP contribution >= 0.6 is 11.6 Å². The molecule has 0 radical (unpaired) electrons. The topological polar surface area (TPSA) is 66.6 Å². The molecule has 1 aromatic carbocycles. The summed E-state index contributed by atoms with van der Waals surface area (Å²) in [6.07, 6.45) is -0.485. The molecule has 1 aromatic rings. The minimum absolute atomic E-state index is 0.00921. The van der Waals surface area contributed by atoms with Gasteiger partial charge >= 0.3 is 0 Å². The third-order valence-corrected chi connectivity index (χ3v) is 2.65. The van der Waals surface area contributed by atoms with Crippen molar-refractivity contribution in [3.8, 4) is 0 Å². The number of nitrogens with zero attached hydrogens (tertiary/aromatic N) is 2. The van der Waals surface area contributed by atoms with E-state index in [1.807, 2.05) is 0 Å². The number of nitro groups is 1. The first-order chi connectivity index (χ1) is 7.91. The Kier molecular flexibility index (Phi) is 4.86. The standard InChI is InChI=1S/C11H15ClN2O3/c1-8(15)6-13(2)7-9-10(12)4-3-5-11(9)14(16)17/h3-5,8,15H,6-7H2,1-2H3. The van der Waals surface area contributed by atoms with E-state index in [1.165, 1.54) is 6.07 Å². The van der Waals surface area contributed by atoms with Crippen LogP contribution in [0.25, 0.3) is 0 Å². The van der Waals surface area contributed by atoms with Crippen LogP contribution in [0.4, 0.5) is 5.69 Å². The lowest BCUT2D eigenvalue weighted by molar-refractivity contribution is -0.385. The van der Waals surface area contributed by atoms with Crippen LogP contribution in [0.5, 0.6) is 0 Å². The number of benzene rings is 1. The molecule has 0 aromatic heterocycles. The van der Waals surface area contributed by atoms with E-state index in [0.29, 0.717) is 23.7 Å². The Balaban J connectivity index is 2.92. The molecular weight excluding hydrogens is 244 g/mol. The summed E-state index contributed by atoms with van der Waals surface area (Å²) in [5.74, 6) is 0. The molecule has 0 fully saturated rings. The van der Waals surface area contributed by atoms with Crippen LogP contribution in [0.1, 0.15) is 12.5 Å². The summed E-state index contributed by atoms with van der Waals surface area (Å²) in [4.78, 5) is 12.2. The van der Waals surface area contributed by atoms with E-state index >= 15 is 0 Å². The van der Waals surface area contributed by atoms with Gasteiger partial charge in [-0.15, -0.1) is 0 Å². The van der Waals surface area contributed by atoms with Gasteiger partial charge in [0.25, 0.3) is 5.69 Å². The molecule has 0 aliphatic heterocycles. The van der Waals surface area contributed by atoms with Crippen LogP contribution in [0, 0.1) is 10.1 Å². The van der Waals surface area contributed by atoms with Crippen molar-refractivity contribution in [3.63, 3.8) is 0 Å². The van der Waals surface area contributed by atoms with Crippen molar-refractivity contribution in [2.45, 2.75) is 19.6 Å². The van der Waals surface area contributed by atoms with Gasteiger partial charge < -0.3 is 5.11 Å². The van der Waals surface area contributed by atoms with Crippen molar-refractivity contribution in [3.05, 3.63) is 38.9 Å². The van der Waals surface area contributed by atoms with Gasteiger partial charge in [0.2, 0.25) is 0 Å². The number of aliphatic hydroxyl groups is 1. The van der Waals surface area contributed by atoms with E-state index in [2.05, 4.69) is 0 Å². The van der Waals surface area contributed by atoms with Crippen molar-refractivity contribution in [2.24, 2.45) is 0 Å². The smallest absolute Gasteiger partial charge is 0.275 e. The quantitative estimate of drug-likeness (QED) is 0.648. The van der Waals surface area contributed by atoms with Gasteiger partial charge in [0, 0.05) is 19.2 Å². The van der Waals surface area contributed by atoms with Gasteiger partial charge in [-0.3, -0.25) is 15.0 Å². The number of nitro benzene ring substituents is 1. The molecule has 1 N–H and O–H groups in total. The fraction of sp³-hybridized carbons (Fsp3) is 0.455. The molecule has 0 bridgehead atoms. The fourth-order valence-corrected chi connectivity index (χ4v) is 1.89. The van der Waals surface area contributed by atoms with Crippen molar-refractivity contribution < 1.29 is 10.0 Å². The molecule has 5 nitrogen and oxygen atoms in total. The van der Waals surface area contributed by atoms with Gasteiger partial charge in [-0.2, -0.15) is 0 Å². The van der Waals surface area contributed by atoms with Crippen LogP contribution in [0.2, 0.25) is 5.02 Å². The summed E-state index contributed by atoms with van der Waals surface area (Å²) in [7, 11) is 1.78. The van der Waals surface area contributed by atoms with Crippen LogP contribution in [-0.4, -0.2) is 34.6 Å². The molecule has 0 spiro atoms. The molecule has 94 valence electrons. The second-order valence-electron chi connectivity index (χ2n) is 4.04. The second-order valence-corrected chi connectivity index (χ2v) is 4.45. The molecule has 17 heavy (non-hydrogen) atoms. The third-order valence-electron chi connectivity index (χ3n) is 2.29. The number of hydrogen-bond donors (Lipinski definition) is 1. The van der Waals surface area contributed by atoms with Crippen LogP contribution in [-0.2, 0) is 6.54 Å². The Morgan fingerprint density at radius 3 is 2.76 bits per heavy atom. The average molecular weight is 259 g/mol. The molecular formula is C11H15ClN2O3. The number of halogens is 1. The Bertz CT molecular complexity index is 410. The van der Waals surface area contributed by atoms with E-state index in [0.717, 1.165) is 0 Å². The zero-order valence-electron chi connectivity index (χ0n) is 9.76. The van der Waals surface area contributed by atoms with E-state index in [1.54, 1.807) is 31.0 Å². The highest BCUT2D eigenvalue weighted by Crippen LogP contribution is 2.27. The Morgan fingerprint density at radius 1 is 1.59 bits per heavy atom. The second kappa shape index (κ2) is 5.95. The van der Waals surface area contributed by atoms with E-state index in [-0.39, 0.29) is 5.69 Å². The number of aliphatic hydroxyl groups excluding tert-OH is 1. The van der Waals surface area contributed by atoms with E-state index < -0.39 is 11.0 Å². The molecule has 1 unspecified atom stereocenters. The minimum atomic E-state index is -0.485. The van der Waals surface area contributed by atoms with Crippen LogP contribution in [0.3, 0.4) is 0 Å². The van der Waals surface area contributed by atoms with Crippen LogP contribution in [0.15, 0.2) is 18.2 Å². The molecule has 0 heterocycles. The number of likely N-dealkylation sites (N-methyl/N-ethyl adjacent to an activating group) is 1. The van der Waals surface area contributed by atoms with Crippen molar-refractivity contribution in [1.29, 1.82) is 0 Å². The first-order valence-corrected chi connectivity index (χ1v) is 5.58. The largest absolute Gasteiger partial charge is 0.392 e. The summed E-state index contributed by atoms with van der Waals surface area (Å²) >= 11 is 5.96. The SMILES string of the molecule is CC(O)CN(C)Cc1c(Cl)cccc1[N+](=O)[O-]. The molecule has 0 saturated heterocycles. The van der Waals surface area contributed by atoms with Crippen molar-refractivity contribution in [2.75, 3.05) is 13.6 Å². The molecule has 0 saturated carbocycles. The first kappa shape index (κ1) is 13.9. The minimum Gasteiger partial charge on any atom is -0.392 e. The van der Waals surface area contributed by atoms with E-state index in [9.17, 15) is 15.2 Å². The van der Waals surface area contributed by atoms with Gasteiger partial charge in [-0.25, -0.2) is 0 Å². The monoisotopic (exact) mass is 258 g/mol. The normalized spacial score (nSPS) is 12.8. The highest BCUT2D eigenvalue weighted by molar-refractivity contribution is 6.31. The molecule has 0 aliphatic rings. The first-order valence-electron chi connectivity index (χ1n) is 5.20. The zero-order valence-corrected chi connectivity index (χ0v) is 10.5. The summed E-state index contributed by atoms with van der Waals surface area (Å²) in [6, 6.07) is 4.61. The number of hydrogen-bond acceptors (Lipinski definition) is 4. The summed E-state index contributed by atoms with van der Waals surface area (Å²) < 4.78 is 0. The maximum absolute atomic E-state index is 10.9. The molecule has 6 heteroatoms. The van der Waals surface area contributed by atoms with E-state index in [4.69, 9.17) is 11.6 Å². The maximum Gasteiger partial charge on any atom is 0.275 e. The Labute approximate surface area is 105 Å². The highest BCUT2D eigenvalue weighted by atomic mass is 35.5. The lowest BCUT2D eigenvalue weighted by atomic mass is 10.1. The van der Waals surface area contributed by atoms with Gasteiger partial charge in [-0.1, -0.05) is 17.7 Å². The third kappa shape index (κ3) is 3.96. The van der Waals surface area contributed by atoms with Gasteiger partial charge in [0.15, 0.2) is 0 Å². The predicted molar refractivity (Wildman–Crippen MR) is 66.1 cm³/mol. The summed E-state index contributed by atoms with van der Waals surface area (Å²) in [6.45, 7) is 2.43. The fourth-order valence-electron chi connectivity index (χ4n) is 1.66.